The number of alkyl halides is 1. The Bertz CT molecular complexity index is 261. The van der Waals surface area contributed by atoms with Crippen LogP contribution in [0.5, 0.6) is 0 Å². The quantitative estimate of drug-likeness (QED) is 0.654. The number of hydrogen-bond acceptors (Lipinski definition) is 0. The molecular weight excluding hydrogens is 192 g/mol. The third kappa shape index (κ3) is 4.15. The van der Waals surface area contributed by atoms with Gasteiger partial charge in [0.2, 0.25) is 0 Å². The fraction of sp³-hybridized carbons (Fsp3) is 0.538. The SMILES string of the molecule is Cc1ccc(CC(C)CC(C)Cl)cc1. The Morgan fingerprint density at radius 3 is 2.21 bits per heavy atom. The molecule has 0 radical (unpaired) electrons. The van der Waals surface area contributed by atoms with Crippen LogP contribution in [0.3, 0.4) is 0 Å². The highest BCUT2D eigenvalue weighted by Gasteiger charge is 2.06. The van der Waals surface area contributed by atoms with Gasteiger partial charge in [-0.3, -0.25) is 0 Å². The zero-order valence-electron chi connectivity index (χ0n) is 9.26. The van der Waals surface area contributed by atoms with E-state index in [1.54, 1.807) is 0 Å². The van der Waals surface area contributed by atoms with Crippen molar-refractivity contribution in [1.82, 2.24) is 0 Å². The van der Waals surface area contributed by atoms with Crippen LogP contribution in [0.2, 0.25) is 0 Å². The van der Waals surface area contributed by atoms with Crippen LogP contribution in [-0.4, -0.2) is 5.38 Å². The van der Waals surface area contributed by atoms with Crippen LogP contribution in [0.25, 0.3) is 0 Å². The predicted molar refractivity (Wildman–Crippen MR) is 64.0 cm³/mol. The summed E-state index contributed by atoms with van der Waals surface area (Å²) in [5, 5.41) is 0.287. The number of hydrogen-bond donors (Lipinski definition) is 0. The van der Waals surface area contributed by atoms with E-state index in [0.717, 1.165) is 12.8 Å². The summed E-state index contributed by atoms with van der Waals surface area (Å²) < 4.78 is 0. The molecule has 1 aromatic rings. The van der Waals surface area contributed by atoms with Crippen LogP contribution >= 0.6 is 11.6 Å². The highest BCUT2D eigenvalue weighted by molar-refractivity contribution is 6.20. The van der Waals surface area contributed by atoms with Gasteiger partial charge in [-0.05, 0) is 38.2 Å². The van der Waals surface area contributed by atoms with Crippen molar-refractivity contribution in [3.05, 3.63) is 35.4 Å². The van der Waals surface area contributed by atoms with Crippen LogP contribution in [0.4, 0.5) is 0 Å². The average Bonchev–Trinajstić information content (AvgIpc) is 2.07. The molecule has 0 heterocycles. The summed E-state index contributed by atoms with van der Waals surface area (Å²) in [5.41, 5.74) is 2.74. The molecule has 0 fully saturated rings. The molecule has 0 saturated heterocycles. The molecule has 2 unspecified atom stereocenters. The lowest BCUT2D eigenvalue weighted by Gasteiger charge is -2.12. The molecule has 1 aromatic carbocycles. The van der Waals surface area contributed by atoms with Crippen molar-refractivity contribution in [3.63, 3.8) is 0 Å². The van der Waals surface area contributed by atoms with Crippen molar-refractivity contribution in [1.29, 1.82) is 0 Å². The van der Waals surface area contributed by atoms with Crippen molar-refractivity contribution in [2.45, 2.75) is 39.0 Å². The fourth-order valence-corrected chi connectivity index (χ4v) is 2.07. The van der Waals surface area contributed by atoms with Crippen molar-refractivity contribution in [2.75, 3.05) is 0 Å². The Morgan fingerprint density at radius 1 is 1.14 bits per heavy atom. The molecular formula is C13H19Cl. The molecule has 1 heteroatoms. The van der Waals surface area contributed by atoms with Gasteiger partial charge < -0.3 is 0 Å². The maximum absolute atomic E-state index is 5.96. The molecule has 0 nitrogen and oxygen atoms in total. The van der Waals surface area contributed by atoms with Crippen LogP contribution < -0.4 is 0 Å². The molecule has 0 amide bonds. The van der Waals surface area contributed by atoms with E-state index < -0.39 is 0 Å². The lowest BCUT2D eigenvalue weighted by Crippen LogP contribution is -2.05. The molecule has 0 spiro atoms. The third-order valence-corrected chi connectivity index (χ3v) is 2.61. The predicted octanol–water partition coefficient (Wildman–Crippen LogP) is 4.19. The van der Waals surface area contributed by atoms with Crippen molar-refractivity contribution in [2.24, 2.45) is 5.92 Å². The first kappa shape index (κ1) is 11.6. The van der Waals surface area contributed by atoms with Gasteiger partial charge in [-0.2, -0.15) is 0 Å². The first-order valence-corrected chi connectivity index (χ1v) is 5.71. The van der Waals surface area contributed by atoms with Crippen molar-refractivity contribution < 1.29 is 0 Å². The lowest BCUT2D eigenvalue weighted by atomic mass is 9.96. The molecule has 0 N–H and O–H groups in total. The second-order valence-corrected chi connectivity index (χ2v) is 5.06. The minimum atomic E-state index is 0.287. The summed E-state index contributed by atoms with van der Waals surface area (Å²) in [7, 11) is 0. The molecule has 0 aliphatic heterocycles. The maximum Gasteiger partial charge on any atom is 0.0310 e. The molecule has 1 rings (SSSR count). The minimum Gasteiger partial charge on any atom is -0.123 e. The summed E-state index contributed by atoms with van der Waals surface area (Å²) in [6.07, 6.45) is 2.23. The minimum absolute atomic E-state index is 0.287. The van der Waals surface area contributed by atoms with Gasteiger partial charge in [-0.1, -0.05) is 36.8 Å². The van der Waals surface area contributed by atoms with Gasteiger partial charge in [0.25, 0.3) is 0 Å². The van der Waals surface area contributed by atoms with Gasteiger partial charge in [-0.25, -0.2) is 0 Å². The Hall–Kier alpha value is -0.490. The smallest absolute Gasteiger partial charge is 0.0310 e. The van der Waals surface area contributed by atoms with E-state index in [0.29, 0.717) is 5.92 Å². The normalized spacial score (nSPS) is 15.1. The molecule has 0 aromatic heterocycles. The Balaban J connectivity index is 2.47. The summed E-state index contributed by atoms with van der Waals surface area (Å²) in [6, 6.07) is 8.77. The second kappa shape index (κ2) is 5.41. The van der Waals surface area contributed by atoms with E-state index in [1.165, 1.54) is 11.1 Å². The van der Waals surface area contributed by atoms with E-state index in [4.69, 9.17) is 11.6 Å². The average molecular weight is 211 g/mol. The Kier molecular flexibility index (Phi) is 4.47. The molecule has 0 aliphatic carbocycles. The third-order valence-electron chi connectivity index (χ3n) is 2.43. The van der Waals surface area contributed by atoms with Gasteiger partial charge in [0.15, 0.2) is 0 Å². The van der Waals surface area contributed by atoms with Gasteiger partial charge in [-0.15, -0.1) is 11.6 Å². The van der Waals surface area contributed by atoms with Gasteiger partial charge in [0.05, 0.1) is 0 Å². The first-order valence-electron chi connectivity index (χ1n) is 5.27. The van der Waals surface area contributed by atoms with Gasteiger partial charge in [0.1, 0.15) is 0 Å². The van der Waals surface area contributed by atoms with Crippen LogP contribution in [-0.2, 0) is 6.42 Å². The second-order valence-electron chi connectivity index (χ2n) is 4.31. The Morgan fingerprint density at radius 2 is 1.71 bits per heavy atom. The summed E-state index contributed by atoms with van der Waals surface area (Å²) in [4.78, 5) is 0. The molecule has 0 aliphatic rings. The van der Waals surface area contributed by atoms with Crippen LogP contribution in [0.15, 0.2) is 24.3 Å². The van der Waals surface area contributed by atoms with Crippen molar-refractivity contribution in [3.8, 4) is 0 Å². The number of rotatable bonds is 4. The molecule has 14 heavy (non-hydrogen) atoms. The van der Waals surface area contributed by atoms with E-state index in [1.807, 2.05) is 0 Å². The van der Waals surface area contributed by atoms with E-state index in [9.17, 15) is 0 Å². The van der Waals surface area contributed by atoms with Crippen LogP contribution in [0, 0.1) is 12.8 Å². The first-order chi connectivity index (χ1) is 6.58. The molecule has 0 saturated carbocycles. The van der Waals surface area contributed by atoms with Gasteiger partial charge >= 0.3 is 0 Å². The zero-order chi connectivity index (χ0) is 10.6. The lowest BCUT2D eigenvalue weighted by molar-refractivity contribution is 0.526. The number of aryl methyl sites for hydroxylation is 1. The number of halogens is 1. The zero-order valence-corrected chi connectivity index (χ0v) is 10.0. The van der Waals surface area contributed by atoms with E-state index in [2.05, 4.69) is 45.0 Å². The fourth-order valence-electron chi connectivity index (χ4n) is 1.76. The van der Waals surface area contributed by atoms with Crippen molar-refractivity contribution >= 4 is 11.6 Å². The summed E-state index contributed by atoms with van der Waals surface area (Å²) >= 11 is 5.96. The van der Waals surface area contributed by atoms with Gasteiger partial charge in [0, 0.05) is 5.38 Å². The maximum atomic E-state index is 5.96. The van der Waals surface area contributed by atoms with Crippen LogP contribution in [0.1, 0.15) is 31.4 Å². The standard InChI is InChI=1S/C13H19Cl/c1-10-4-6-13(7-5-10)9-11(2)8-12(3)14/h4-7,11-12H,8-9H2,1-3H3. The monoisotopic (exact) mass is 210 g/mol. The van der Waals surface area contributed by atoms with E-state index in [-0.39, 0.29) is 5.38 Å². The Labute approximate surface area is 92.3 Å². The molecule has 78 valence electrons. The summed E-state index contributed by atoms with van der Waals surface area (Å²) in [5.74, 6) is 0.671. The largest absolute Gasteiger partial charge is 0.123 e. The van der Waals surface area contributed by atoms with E-state index >= 15 is 0 Å². The molecule has 2 atom stereocenters. The molecule has 0 bridgehead atoms. The number of benzene rings is 1. The topological polar surface area (TPSA) is 0 Å². The highest BCUT2D eigenvalue weighted by Crippen LogP contribution is 2.16. The summed E-state index contributed by atoms with van der Waals surface area (Å²) in [6.45, 7) is 6.44. The highest BCUT2D eigenvalue weighted by atomic mass is 35.5.